The van der Waals surface area contributed by atoms with Crippen molar-refractivity contribution in [1.29, 1.82) is 0 Å². The zero-order valence-corrected chi connectivity index (χ0v) is 17.2. The number of benzene rings is 2. The van der Waals surface area contributed by atoms with E-state index in [0.29, 0.717) is 30.1 Å². The number of aromatic nitrogens is 2. The molecule has 0 spiro atoms. The van der Waals surface area contributed by atoms with Gasteiger partial charge in [0, 0.05) is 24.7 Å². The molecule has 29 heavy (non-hydrogen) atoms. The van der Waals surface area contributed by atoms with Gasteiger partial charge in [0.1, 0.15) is 17.5 Å². The summed E-state index contributed by atoms with van der Waals surface area (Å²) in [5.41, 5.74) is 1.90. The topological polar surface area (TPSA) is 38.1 Å². The Morgan fingerprint density at radius 2 is 1.79 bits per heavy atom. The molecule has 0 fully saturated rings. The number of fused-ring (bicyclic) bond motifs is 1. The van der Waals surface area contributed by atoms with Gasteiger partial charge in [-0.05, 0) is 55.2 Å². The number of hydrogen-bond acceptors (Lipinski definition) is 2. The molecule has 1 aromatic heterocycles. The number of amides is 1. The molecule has 0 saturated heterocycles. The van der Waals surface area contributed by atoms with Gasteiger partial charge < -0.3 is 9.47 Å². The van der Waals surface area contributed by atoms with E-state index in [1.54, 1.807) is 11.0 Å². The monoisotopic (exact) mass is 399 g/mol. The molecule has 0 aliphatic carbocycles. The maximum atomic E-state index is 13.7. The van der Waals surface area contributed by atoms with Gasteiger partial charge in [-0.15, -0.1) is 0 Å². The molecule has 2 aromatic carbocycles. The fourth-order valence-electron chi connectivity index (χ4n) is 3.36. The van der Waals surface area contributed by atoms with Gasteiger partial charge in [-0.2, -0.15) is 0 Å². The Balaban J connectivity index is 1.95. The quantitative estimate of drug-likeness (QED) is 0.508. The normalized spacial score (nSPS) is 11.4. The van der Waals surface area contributed by atoms with Crippen LogP contribution >= 0.6 is 0 Å². The first kappa shape index (κ1) is 21.0. The van der Waals surface area contributed by atoms with Gasteiger partial charge in [-0.3, -0.25) is 4.79 Å². The average Bonchev–Trinajstić information content (AvgIpc) is 3.01. The van der Waals surface area contributed by atoms with Gasteiger partial charge in [0.05, 0.1) is 17.6 Å². The number of imidazole rings is 1. The van der Waals surface area contributed by atoms with Crippen LogP contribution in [0.5, 0.6) is 0 Å². The van der Waals surface area contributed by atoms with Crippen LogP contribution in [0.1, 0.15) is 49.8 Å². The van der Waals surface area contributed by atoms with Crippen molar-refractivity contribution in [3.63, 3.8) is 0 Å². The van der Waals surface area contributed by atoms with Crippen molar-refractivity contribution in [2.24, 2.45) is 5.92 Å². The molecule has 0 saturated carbocycles. The predicted molar refractivity (Wildman–Crippen MR) is 111 cm³/mol. The highest BCUT2D eigenvalue weighted by atomic mass is 19.1. The van der Waals surface area contributed by atoms with E-state index >= 15 is 0 Å². The van der Waals surface area contributed by atoms with E-state index in [0.717, 1.165) is 30.7 Å². The summed E-state index contributed by atoms with van der Waals surface area (Å²) in [6, 6.07) is 10.2. The van der Waals surface area contributed by atoms with Gasteiger partial charge in [-0.1, -0.05) is 20.8 Å². The van der Waals surface area contributed by atoms with Gasteiger partial charge in [-0.25, -0.2) is 13.8 Å². The van der Waals surface area contributed by atoms with Crippen LogP contribution in [0.3, 0.4) is 0 Å². The number of nitrogens with zero attached hydrogens (tertiary/aromatic N) is 3. The van der Waals surface area contributed by atoms with E-state index in [1.165, 1.54) is 36.4 Å². The Labute approximate surface area is 170 Å². The summed E-state index contributed by atoms with van der Waals surface area (Å²) in [7, 11) is 0. The molecule has 0 radical (unpaired) electrons. The Bertz CT molecular complexity index is 980. The first-order valence-corrected chi connectivity index (χ1v) is 10.1. The lowest BCUT2D eigenvalue weighted by Crippen LogP contribution is -2.33. The zero-order valence-electron chi connectivity index (χ0n) is 17.2. The van der Waals surface area contributed by atoms with Crippen LogP contribution in [0.15, 0.2) is 42.5 Å². The number of aryl methyl sites for hydroxylation is 1. The van der Waals surface area contributed by atoms with E-state index in [2.05, 4.69) is 30.3 Å². The summed E-state index contributed by atoms with van der Waals surface area (Å²) >= 11 is 0. The second-order valence-corrected chi connectivity index (χ2v) is 7.73. The van der Waals surface area contributed by atoms with E-state index in [4.69, 9.17) is 0 Å². The van der Waals surface area contributed by atoms with Crippen LogP contribution in [0, 0.1) is 17.6 Å². The number of hydrogen-bond donors (Lipinski definition) is 0. The number of halogens is 2. The zero-order chi connectivity index (χ0) is 21.0. The Kier molecular flexibility index (Phi) is 6.62. The van der Waals surface area contributed by atoms with Gasteiger partial charge in [0.2, 0.25) is 0 Å². The van der Waals surface area contributed by atoms with Crippen molar-refractivity contribution in [2.45, 2.75) is 46.7 Å². The highest BCUT2D eigenvalue weighted by Crippen LogP contribution is 2.21. The fourth-order valence-corrected chi connectivity index (χ4v) is 3.36. The van der Waals surface area contributed by atoms with Crippen LogP contribution in [-0.4, -0.2) is 26.9 Å². The maximum Gasteiger partial charge on any atom is 0.254 e. The SMILES string of the molecule is CCCn1c(CN(CCC(C)C)C(=O)c2ccc(F)cc2)nc2cc(F)ccc21. The molecule has 0 atom stereocenters. The summed E-state index contributed by atoms with van der Waals surface area (Å²) in [6.07, 6.45) is 1.74. The lowest BCUT2D eigenvalue weighted by atomic mass is 10.1. The molecule has 3 aromatic rings. The largest absolute Gasteiger partial charge is 0.331 e. The maximum absolute atomic E-state index is 13.7. The summed E-state index contributed by atoms with van der Waals surface area (Å²) in [4.78, 5) is 19.5. The molecule has 154 valence electrons. The van der Waals surface area contributed by atoms with Gasteiger partial charge >= 0.3 is 0 Å². The second kappa shape index (κ2) is 9.16. The van der Waals surface area contributed by atoms with Crippen molar-refractivity contribution in [3.8, 4) is 0 Å². The molecule has 0 unspecified atom stereocenters. The molecular formula is C23H27F2N3O. The van der Waals surface area contributed by atoms with Crippen LogP contribution in [0.25, 0.3) is 11.0 Å². The number of rotatable bonds is 8. The molecule has 0 bridgehead atoms. The van der Waals surface area contributed by atoms with Crippen molar-refractivity contribution in [2.75, 3.05) is 6.54 Å². The van der Waals surface area contributed by atoms with Crippen molar-refractivity contribution < 1.29 is 13.6 Å². The Morgan fingerprint density at radius 3 is 2.45 bits per heavy atom. The molecule has 4 nitrogen and oxygen atoms in total. The van der Waals surface area contributed by atoms with Crippen LogP contribution in [0.2, 0.25) is 0 Å². The summed E-state index contributed by atoms with van der Waals surface area (Å²) in [5.74, 6) is 0.298. The van der Waals surface area contributed by atoms with Crippen LogP contribution < -0.4 is 0 Å². The van der Waals surface area contributed by atoms with E-state index in [9.17, 15) is 13.6 Å². The summed E-state index contributed by atoms with van der Waals surface area (Å²) < 4.78 is 29.0. The van der Waals surface area contributed by atoms with E-state index in [-0.39, 0.29) is 17.5 Å². The van der Waals surface area contributed by atoms with E-state index < -0.39 is 0 Å². The molecule has 0 N–H and O–H groups in total. The average molecular weight is 399 g/mol. The highest BCUT2D eigenvalue weighted by Gasteiger charge is 2.20. The lowest BCUT2D eigenvalue weighted by Gasteiger charge is -2.24. The standard InChI is InChI=1S/C23H27F2N3O/c1-4-12-28-21-10-9-19(25)14-20(21)26-22(28)15-27(13-11-16(2)3)23(29)17-5-7-18(24)8-6-17/h5-10,14,16H,4,11-13,15H2,1-3H3. The first-order valence-electron chi connectivity index (χ1n) is 10.1. The summed E-state index contributed by atoms with van der Waals surface area (Å²) in [5, 5.41) is 0. The minimum absolute atomic E-state index is 0.160. The number of carbonyl (C=O) groups is 1. The molecule has 3 rings (SSSR count). The highest BCUT2D eigenvalue weighted by molar-refractivity contribution is 5.94. The lowest BCUT2D eigenvalue weighted by molar-refractivity contribution is 0.0729. The molecule has 0 aliphatic heterocycles. The second-order valence-electron chi connectivity index (χ2n) is 7.73. The van der Waals surface area contributed by atoms with Crippen LogP contribution in [-0.2, 0) is 13.1 Å². The van der Waals surface area contributed by atoms with E-state index in [1.807, 2.05) is 0 Å². The van der Waals surface area contributed by atoms with Crippen molar-refractivity contribution >= 4 is 16.9 Å². The van der Waals surface area contributed by atoms with Crippen molar-refractivity contribution in [3.05, 3.63) is 65.5 Å². The minimum Gasteiger partial charge on any atom is -0.331 e. The summed E-state index contributed by atoms with van der Waals surface area (Å²) in [6.45, 7) is 7.90. The third kappa shape index (κ3) is 5.00. The van der Waals surface area contributed by atoms with Gasteiger partial charge in [0.15, 0.2) is 0 Å². The third-order valence-corrected chi connectivity index (χ3v) is 4.92. The third-order valence-electron chi connectivity index (χ3n) is 4.92. The fraction of sp³-hybridized carbons (Fsp3) is 0.391. The Morgan fingerprint density at radius 1 is 1.10 bits per heavy atom. The molecule has 0 aliphatic rings. The molecule has 1 amide bonds. The van der Waals surface area contributed by atoms with Gasteiger partial charge in [0.25, 0.3) is 5.91 Å². The first-order chi connectivity index (χ1) is 13.9. The predicted octanol–water partition coefficient (Wildman–Crippen LogP) is 5.41. The molecular weight excluding hydrogens is 372 g/mol. The Hall–Kier alpha value is -2.76. The molecule has 1 heterocycles. The smallest absolute Gasteiger partial charge is 0.254 e. The minimum atomic E-state index is -0.373. The number of carbonyl (C=O) groups excluding carboxylic acids is 1. The van der Waals surface area contributed by atoms with Crippen molar-refractivity contribution in [1.82, 2.24) is 14.5 Å². The van der Waals surface area contributed by atoms with Crippen LogP contribution in [0.4, 0.5) is 8.78 Å². The molecule has 6 heteroatoms.